The number of alkyl halides is 2. The van der Waals surface area contributed by atoms with E-state index in [1.54, 1.807) is 0 Å². The van der Waals surface area contributed by atoms with E-state index < -0.39 is 4.33 Å². The average molecular weight is 151 g/mol. The Kier molecular flexibility index (Phi) is 0.891. The van der Waals surface area contributed by atoms with Gasteiger partial charge in [-0.2, -0.15) is 0 Å². The van der Waals surface area contributed by atoms with E-state index in [0.717, 1.165) is 13.1 Å². The van der Waals surface area contributed by atoms with Crippen LogP contribution in [0.1, 0.15) is 0 Å². The lowest BCUT2D eigenvalue weighted by Gasteiger charge is -2.01. The fraction of sp³-hybridized carbons (Fsp3) is 0.800. The van der Waals surface area contributed by atoms with Crippen molar-refractivity contribution in [1.82, 2.24) is 5.32 Å². The molecular weight excluding hydrogens is 145 g/mol. The van der Waals surface area contributed by atoms with Gasteiger partial charge in [-0.15, -0.1) is 23.2 Å². The Morgan fingerprint density at radius 3 is 2.62 bits per heavy atom. The Labute approximate surface area is 58.3 Å². The van der Waals surface area contributed by atoms with Gasteiger partial charge in [0.1, 0.15) is 4.33 Å². The molecule has 1 saturated heterocycles. The van der Waals surface area contributed by atoms with E-state index in [1.807, 2.05) is 0 Å². The summed E-state index contributed by atoms with van der Waals surface area (Å²) in [7, 11) is 0. The number of rotatable bonds is 0. The summed E-state index contributed by atoms with van der Waals surface area (Å²) in [4.78, 5) is 0. The quantitative estimate of drug-likeness (QED) is 0.508. The minimum atomic E-state index is -0.439. The third-order valence-electron chi connectivity index (χ3n) is 1.87. The maximum absolute atomic E-state index is 5.80. The van der Waals surface area contributed by atoms with Crippen LogP contribution >= 0.6 is 23.2 Å². The van der Waals surface area contributed by atoms with Crippen LogP contribution < -0.4 is 5.32 Å². The highest BCUT2D eigenvalue weighted by atomic mass is 35.5. The fourth-order valence-electron chi connectivity index (χ4n) is 1.23. The third kappa shape index (κ3) is 0.476. The molecule has 2 fully saturated rings. The summed E-state index contributed by atoms with van der Waals surface area (Å²) in [5.41, 5.74) is 0. The number of fused-ring (bicyclic) bond motifs is 1. The molecule has 1 aliphatic carbocycles. The van der Waals surface area contributed by atoms with Crippen molar-refractivity contribution in [2.24, 2.45) is 5.92 Å². The van der Waals surface area contributed by atoms with Gasteiger partial charge in [0.25, 0.3) is 0 Å². The second-order valence-corrected chi connectivity index (χ2v) is 3.72. The molecule has 2 rings (SSSR count). The summed E-state index contributed by atoms with van der Waals surface area (Å²) in [6.45, 7) is 1.90. The Morgan fingerprint density at radius 1 is 1.62 bits per heavy atom. The van der Waals surface area contributed by atoms with Gasteiger partial charge >= 0.3 is 0 Å². The van der Waals surface area contributed by atoms with E-state index in [0.29, 0.717) is 5.92 Å². The van der Waals surface area contributed by atoms with Crippen molar-refractivity contribution >= 4 is 23.2 Å². The van der Waals surface area contributed by atoms with Crippen LogP contribution in [0.2, 0.25) is 0 Å². The molecule has 3 heteroatoms. The van der Waals surface area contributed by atoms with Crippen molar-refractivity contribution in [3.05, 3.63) is 5.92 Å². The largest absolute Gasteiger partial charge is 0.316 e. The SMILES string of the molecule is ClC1(Cl)[C]2CNCC21. The first-order valence-electron chi connectivity index (χ1n) is 2.67. The van der Waals surface area contributed by atoms with Gasteiger partial charge in [-0.1, -0.05) is 0 Å². The molecule has 0 aromatic heterocycles. The van der Waals surface area contributed by atoms with Crippen molar-refractivity contribution in [1.29, 1.82) is 0 Å². The van der Waals surface area contributed by atoms with Crippen molar-refractivity contribution < 1.29 is 0 Å². The van der Waals surface area contributed by atoms with Crippen LogP contribution in [0.4, 0.5) is 0 Å². The lowest BCUT2D eigenvalue weighted by Crippen LogP contribution is -2.18. The zero-order chi connectivity index (χ0) is 5.78. The summed E-state index contributed by atoms with van der Waals surface area (Å²) in [5.74, 6) is 1.74. The standard InChI is InChI=1S/C5H6Cl2N/c6-5(7)3-1-8-2-4(3)5/h3,8H,1-2H2. The van der Waals surface area contributed by atoms with Crippen LogP contribution in [0.5, 0.6) is 0 Å². The number of nitrogens with one attached hydrogen (secondary N) is 1. The molecule has 1 saturated carbocycles. The van der Waals surface area contributed by atoms with Crippen molar-refractivity contribution in [2.45, 2.75) is 4.33 Å². The van der Waals surface area contributed by atoms with Crippen LogP contribution in [-0.2, 0) is 0 Å². The summed E-state index contributed by atoms with van der Waals surface area (Å²) in [6.07, 6.45) is 0. The lowest BCUT2D eigenvalue weighted by atomic mass is 10.4. The minimum Gasteiger partial charge on any atom is -0.316 e. The molecule has 1 aliphatic heterocycles. The molecule has 0 aromatic rings. The second-order valence-electron chi connectivity index (χ2n) is 2.33. The van der Waals surface area contributed by atoms with Gasteiger partial charge in [-0.25, -0.2) is 0 Å². The van der Waals surface area contributed by atoms with Crippen LogP contribution in [0.25, 0.3) is 0 Å². The Bertz CT molecular complexity index is 112. The normalized spacial score (nSPS) is 42.0. The third-order valence-corrected chi connectivity index (χ3v) is 2.88. The van der Waals surface area contributed by atoms with Gasteiger partial charge in [-0.3, -0.25) is 0 Å². The predicted molar refractivity (Wildman–Crippen MR) is 34.0 cm³/mol. The van der Waals surface area contributed by atoms with Crippen molar-refractivity contribution in [3.8, 4) is 0 Å². The summed E-state index contributed by atoms with van der Waals surface area (Å²) in [5, 5.41) is 3.17. The van der Waals surface area contributed by atoms with Crippen molar-refractivity contribution in [2.75, 3.05) is 13.1 Å². The molecule has 0 amide bonds. The van der Waals surface area contributed by atoms with Crippen molar-refractivity contribution in [3.63, 3.8) is 0 Å². The summed E-state index contributed by atoms with van der Waals surface area (Å²) >= 11 is 11.6. The highest BCUT2D eigenvalue weighted by Gasteiger charge is 2.65. The molecule has 8 heavy (non-hydrogen) atoms. The molecule has 0 bridgehead atoms. The molecule has 45 valence electrons. The summed E-state index contributed by atoms with van der Waals surface area (Å²) in [6, 6.07) is 0. The minimum absolute atomic E-state index is 0.439. The van der Waals surface area contributed by atoms with E-state index >= 15 is 0 Å². The summed E-state index contributed by atoms with van der Waals surface area (Å²) < 4.78 is -0.439. The first-order valence-corrected chi connectivity index (χ1v) is 3.43. The highest BCUT2D eigenvalue weighted by Crippen LogP contribution is 2.62. The van der Waals surface area contributed by atoms with Gasteiger partial charge in [0.15, 0.2) is 0 Å². The lowest BCUT2D eigenvalue weighted by molar-refractivity contribution is 0.735. The smallest absolute Gasteiger partial charge is 0.130 e. The Hall–Kier alpha value is 0.540. The van der Waals surface area contributed by atoms with E-state index in [1.165, 1.54) is 5.92 Å². The zero-order valence-electron chi connectivity index (χ0n) is 4.25. The van der Waals surface area contributed by atoms with Crippen LogP contribution in [0.15, 0.2) is 0 Å². The molecule has 2 aliphatic rings. The first kappa shape index (κ1) is 5.33. The van der Waals surface area contributed by atoms with E-state index in [4.69, 9.17) is 23.2 Å². The molecule has 1 N–H and O–H groups in total. The number of hydrogen-bond donors (Lipinski definition) is 1. The van der Waals surface area contributed by atoms with Gasteiger partial charge in [0.2, 0.25) is 0 Å². The van der Waals surface area contributed by atoms with Gasteiger partial charge < -0.3 is 5.32 Å². The molecule has 1 radical (unpaired) electrons. The topological polar surface area (TPSA) is 12.0 Å². The molecule has 0 aromatic carbocycles. The molecule has 1 unspecified atom stereocenters. The Balaban J connectivity index is 2.13. The number of hydrogen-bond acceptors (Lipinski definition) is 1. The number of halogens is 2. The van der Waals surface area contributed by atoms with Crippen LogP contribution in [-0.4, -0.2) is 17.4 Å². The molecule has 1 atom stereocenters. The molecule has 1 heterocycles. The fourth-order valence-corrected chi connectivity index (χ4v) is 1.94. The predicted octanol–water partition coefficient (Wildman–Crippen LogP) is 0.968. The highest BCUT2D eigenvalue weighted by molar-refractivity contribution is 6.53. The average Bonchev–Trinajstić information content (AvgIpc) is 2.22. The van der Waals surface area contributed by atoms with Gasteiger partial charge in [0, 0.05) is 24.9 Å². The second kappa shape index (κ2) is 1.34. The maximum Gasteiger partial charge on any atom is 0.130 e. The van der Waals surface area contributed by atoms with Crippen LogP contribution in [0, 0.1) is 11.8 Å². The van der Waals surface area contributed by atoms with E-state index in [-0.39, 0.29) is 0 Å². The van der Waals surface area contributed by atoms with E-state index in [2.05, 4.69) is 5.32 Å². The number of piperidine rings is 1. The molecule has 0 spiro atoms. The Morgan fingerprint density at radius 2 is 2.38 bits per heavy atom. The van der Waals surface area contributed by atoms with Gasteiger partial charge in [-0.05, 0) is 0 Å². The maximum atomic E-state index is 5.80. The van der Waals surface area contributed by atoms with E-state index in [9.17, 15) is 0 Å². The first-order chi connectivity index (χ1) is 3.73. The zero-order valence-corrected chi connectivity index (χ0v) is 5.76. The van der Waals surface area contributed by atoms with Gasteiger partial charge in [0.05, 0.1) is 0 Å². The monoisotopic (exact) mass is 150 g/mol. The van der Waals surface area contributed by atoms with Crippen LogP contribution in [0.3, 0.4) is 0 Å². The molecule has 1 nitrogen and oxygen atoms in total. The molecular formula is C5H6Cl2N.